The Hall–Kier alpha value is -3.34. The van der Waals surface area contributed by atoms with E-state index in [4.69, 9.17) is 5.73 Å². The first kappa shape index (κ1) is 30.7. The molecule has 16 heteroatoms. The molecule has 0 aliphatic heterocycles. The van der Waals surface area contributed by atoms with Gasteiger partial charge in [-0.3, -0.25) is 44.4 Å². The second-order valence-corrected chi connectivity index (χ2v) is 6.78. The van der Waals surface area contributed by atoms with E-state index in [-0.39, 0.29) is 64.8 Å². The number of hydrogen-bond acceptors (Lipinski definition) is 11. The van der Waals surface area contributed by atoms with Crippen LogP contribution in [-0.4, -0.2) is 113 Å². The Balaban J connectivity index is 4.00. The molecule has 0 radical (unpaired) electrons. The third kappa shape index (κ3) is 13.9. The SMILES string of the molecule is COC(=O)CCN(O)C(=O)CCNC(=O)CCN(O)C(=O)CCNC(=O)CCN(O)C(=O)CN. The third-order valence-electron chi connectivity index (χ3n) is 4.22. The van der Waals surface area contributed by atoms with Gasteiger partial charge in [0.2, 0.25) is 23.6 Å². The zero-order chi connectivity index (χ0) is 26.1. The fourth-order valence-electron chi connectivity index (χ4n) is 2.25. The van der Waals surface area contributed by atoms with Crippen LogP contribution in [0.3, 0.4) is 0 Å². The molecule has 0 atom stereocenters. The molecule has 0 fully saturated rings. The van der Waals surface area contributed by atoms with Gasteiger partial charge in [0.15, 0.2) is 0 Å². The Labute approximate surface area is 195 Å². The van der Waals surface area contributed by atoms with Crippen molar-refractivity contribution in [1.82, 2.24) is 25.8 Å². The topological polar surface area (TPSA) is 232 Å². The molecule has 0 heterocycles. The van der Waals surface area contributed by atoms with E-state index in [2.05, 4.69) is 15.4 Å². The smallest absolute Gasteiger partial charge is 0.307 e. The summed E-state index contributed by atoms with van der Waals surface area (Å²) in [6.07, 6.45) is -1.18. The molecule has 194 valence electrons. The molecule has 0 aromatic carbocycles. The minimum Gasteiger partial charge on any atom is -0.469 e. The molecule has 0 unspecified atom stereocenters. The summed E-state index contributed by atoms with van der Waals surface area (Å²) >= 11 is 0. The molecule has 34 heavy (non-hydrogen) atoms. The van der Waals surface area contributed by atoms with Crippen LogP contribution in [0.4, 0.5) is 0 Å². The summed E-state index contributed by atoms with van der Waals surface area (Å²) in [6.45, 7) is -1.50. The number of amides is 5. The van der Waals surface area contributed by atoms with Crippen molar-refractivity contribution in [3.8, 4) is 0 Å². The molecule has 0 aliphatic rings. The monoisotopic (exact) mass is 492 g/mol. The van der Waals surface area contributed by atoms with E-state index >= 15 is 0 Å². The molecular weight excluding hydrogens is 460 g/mol. The predicted octanol–water partition coefficient (Wildman–Crippen LogP) is -3.05. The number of carbonyl (C=O) groups excluding carboxylic acids is 6. The van der Waals surface area contributed by atoms with Crippen LogP contribution in [0.2, 0.25) is 0 Å². The number of hydrogen-bond donors (Lipinski definition) is 6. The van der Waals surface area contributed by atoms with Gasteiger partial charge >= 0.3 is 5.97 Å². The van der Waals surface area contributed by atoms with Crippen LogP contribution in [0, 0.1) is 0 Å². The molecule has 0 aromatic rings. The quantitative estimate of drug-likeness (QED) is 0.0719. The number of carbonyl (C=O) groups is 6. The summed E-state index contributed by atoms with van der Waals surface area (Å²) in [4.78, 5) is 68.9. The predicted molar refractivity (Wildman–Crippen MR) is 111 cm³/mol. The lowest BCUT2D eigenvalue weighted by atomic mass is 10.3. The average molecular weight is 492 g/mol. The maximum atomic E-state index is 11.8. The maximum Gasteiger partial charge on any atom is 0.307 e. The first-order valence-electron chi connectivity index (χ1n) is 10.3. The molecule has 0 saturated heterocycles. The molecule has 7 N–H and O–H groups in total. The highest BCUT2D eigenvalue weighted by Gasteiger charge is 2.16. The van der Waals surface area contributed by atoms with E-state index in [0.717, 1.165) is 0 Å². The Morgan fingerprint density at radius 3 is 1.44 bits per heavy atom. The average Bonchev–Trinajstić information content (AvgIpc) is 2.82. The van der Waals surface area contributed by atoms with Crippen molar-refractivity contribution in [3.63, 3.8) is 0 Å². The molecule has 0 aromatic heterocycles. The van der Waals surface area contributed by atoms with E-state index in [1.165, 1.54) is 7.11 Å². The molecule has 0 spiro atoms. The molecule has 0 saturated carbocycles. The van der Waals surface area contributed by atoms with Crippen molar-refractivity contribution in [3.05, 3.63) is 0 Å². The standard InChI is InChI=1S/C18H32N6O10/c1-34-18(30)6-11-23(32)16(28)3-8-20-13(25)4-9-22(31)15(27)2-7-21-14(26)5-10-24(33)17(29)12-19/h31-33H,2-12,19H2,1H3,(H,20,25)(H,21,26). The highest BCUT2D eigenvalue weighted by molar-refractivity contribution is 5.81. The van der Waals surface area contributed by atoms with E-state index in [0.29, 0.717) is 15.2 Å². The van der Waals surface area contributed by atoms with Gasteiger partial charge in [0, 0.05) is 38.8 Å². The minimum atomic E-state index is -0.757. The maximum absolute atomic E-state index is 11.8. The van der Waals surface area contributed by atoms with Gasteiger partial charge in [0.1, 0.15) is 0 Å². The van der Waals surface area contributed by atoms with Crippen LogP contribution in [0.1, 0.15) is 32.1 Å². The zero-order valence-electron chi connectivity index (χ0n) is 18.9. The molecule has 5 amide bonds. The number of nitrogens with zero attached hydrogens (tertiary/aromatic N) is 3. The van der Waals surface area contributed by atoms with Crippen LogP contribution >= 0.6 is 0 Å². The lowest BCUT2D eigenvalue weighted by Crippen LogP contribution is -2.38. The first-order chi connectivity index (χ1) is 16.0. The largest absolute Gasteiger partial charge is 0.469 e. The van der Waals surface area contributed by atoms with E-state index in [1.807, 2.05) is 0 Å². The fourth-order valence-corrected chi connectivity index (χ4v) is 2.25. The van der Waals surface area contributed by atoms with Crippen LogP contribution in [0.15, 0.2) is 0 Å². The van der Waals surface area contributed by atoms with Gasteiger partial charge in [-0.05, 0) is 0 Å². The lowest BCUT2D eigenvalue weighted by molar-refractivity contribution is -0.167. The van der Waals surface area contributed by atoms with Gasteiger partial charge in [-0.15, -0.1) is 0 Å². The Bertz CT molecular complexity index is 719. The summed E-state index contributed by atoms with van der Waals surface area (Å²) in [6, 6.07) is 0. The second-order valence-electron chi connectivity index (χ2n) is 6.78. The number of nitrogens with one attached hydrogen (secondary N) is 2. The van der Waals surface area contributed by atoms with Crippen LogP contribution in [-0.2, 0) is 33.5 Å². The van der Waals surface area contributed by atoms with Crippen molar-refractivity contribution in [1.29, 1.82) is 0 Å². The van der Waals surface area contributed by atoms with Crippen LogP contribution in [0.25, 0.3) is 0 Å². The van der Waals surface area contributed by atoms with Gasteiger partial charge in [-0.25, -0.2) is 15.2 Å². The first-order valence-corrected chi connectivity index (χ1v) is 10.3. The minimum absolute atomic E-state index is 0.111. The number of hydroxylamine groups is 6. The Kier molecular flexibility index (Phi) is 15.5. The van der Waals surface area contributed by atoms with E-state index < -0.39 is 42.0 Å². The third-order valence-corrected chi connectivity index (χ3v) is 4.22. The van der Waals surface area contributed by atoms with Gasteiger partial charge in [0.05, 0.1) is 39.7 Å². The molecular formula is C18H32N6O10. The number of rotatable bonds is 16. The highest BCUT2D eigenvalue weighted by atomic mass is 16.5. The Morgan fingerprint density at radius 1 is 0.676 bits per heavy atom. The van der Waals surface area contributed by atoms with Crippen molar-refractivity contribution >= 4 is 35.5 Å². The second kappa shape index (κ2) is 17.2. The number of esters is 1. The number of nitrogens with two attached hydrogens (primary N) is 1. The molecule has 0 bridgehead atoms. The van der Waals surface area contributed by atoms with Crippen LogP contribution in [0.5, 0.6) is 0 Å². The van der Waals surface area contributed by atoms with E-state index in [1.54, 1.807) is 0 Å². The summed E-state index contributed by atoms with van der Waals surface area (Å²) in [5, 5.41) is 34.1. The summed E-state index contributed by atoms with van der Waals surface area (Å²) < 4.78 is 4.38. The molecule has 0 rings (SSSR count). The molecule has 16 nitrogen and oxygen atoms in total. The number of methoxy groups -OCH3 is 1. The summed E-state index contributed by atoms with van der Waals surface area (Å²) in [7, 11) is 1.17. The van der Waals surface area contributed by atoms with Gasteiger partial charge in [0.25, 0.3) is 5.91 Å². The van der Waals surface area contributed by atoms with Crippen molar-refractivity contribution in [2.24, 2.45) is 5.73 Å². The van der Waals surface area contributed by atoms with Gasteiger partial charge < -0.3 is 21.1 Å². The zero-order valence-corrected chi connectivity index (χ0v) is 18.9. The van der Waals surface area contributed by atoms with Crippen molar-refractivity contribution in [2.45, 2.75) is 32.1 Å². The highest BCUT2D eigenvalue weighted by Crippen LogP contribution is 1.96. The summed E-state index contributed by atoms with van der Waals surface area (Å²) in [5.74, 6) is -3.93. The van der Waals surface area contributed by atoms with E-state index in [9.17, 15) is 44.4 Å². The Morgan fingerprint density at radius 2 is 1.06 bits per heavy atom. The van der Waals surface area contributed by atoms with Gasteiger partial charge in [-0.1, -0.05) is 0 Å². The lowest BCUT2D eigenvalue weighted by Gasteiger charge is -2.16. The van der Waals surface area contributed by atoms with Crippen molar-refractivity contribution < 1.29 is 49.1 Å². The number of ether oxygens (including phenoxy) is 1. The van der Waals surface area contributed by atoms with Crippen molar-refractivity contribution in [2.75, 3.05) is 46.4 Å². The normalized spacial score (nSPS) is 10.1. The fraction of sp³-hybridized carbons (Fsp3) is 0.667. The van der Waals surface area contributed by atoms with Crippen LogP contribution < -0.4 is 16.4 Å². The molecule has 0 aliphatic carbocycles. The summed E-state index contributed by atoms with van der Waals surface area (Å²) in [5.41, 5.74) is 5.05. The van der Waals surface area contributed by atoms with Gasteiger partial charge in [-0.2, -0.15) is 0 Å².